The Morgan fingerprint density at radius 3 is 2.48 bits per heavy atom. The normalized spacial score (nSPS) is 18.4. The summed E-state index contributed by atoms with van der Waals surface area (Å²) in [7, 11) is 0. The standard InChI is InChI=1S/C25H24Cl2N2O2/c1-25(2,3)17-7-4-15(5-8-17)19-13-20(19)24(30)29-28-14-18-9-11-23(31-18)16-6-10-21(26)22(27)12-16/h4-12,14,19-20H,13H2,1-3H3,(H,29,30)/b28-14+/t19-,20+/m1/s1. The molecule has 160 valence electrons. The zero-order chi connectivity index (χ0) is 22.2. The van der Waals surface area contributed by atoms with Gasteiger partial charge in [0.15, 0.2) is 0 Å². The minimum absolute atomic E-state index is 0.0407. The lowest BCUT2D eigenvalue weighted by Crippen LogP contribution is -2.20. The summed E-state index contributed by atoms with van der Waals surface area (Å²) >= 11 is 12.0. The third-order valence-corrected chi connectivity index (χ3v) is 6.27. The van der Waals surface area contributed by atoms with Crippen LogP contribution >= 0.6 is 23.2 Å². The lowest BCUT2D eigenvalue weighted by Gasteiger charge is -2.19. The molecule has 1 heterocycles. The first-order chi connectivity index (χ1) is 14.7. The van der Waals surface area contributed by atoms with Gasteiger partial charge >= 0.3 is 0 Å². The number of hydrogen-bond acceptors (Lipinski definition) is 3. The van der Waals surface area contributed by atoms with Gasteiger partial charge in [-0.3, -0.25) is 4.79 Å². The average Bonchev–Trinajstić information content (AvgIpc) is 3.40. The molecule has 3 aromatic rings. The van der Waals surface area contributed by atoms with Crippen molar-refractivity contribution >= 4 is 35.3 Å². The molecule has 1 aliphatic rings. The Balaban J connectivity index is 1.32. The van der Waals surface area contributed by atoms with Gasteiger partial charge in [-0.25, -0.2) is 5.43 Å². The minimum atomic E-state index is -0.0718. The number of nitrogens with one attached hydrogen (secondary N) is 1. The lowest BCUT2D eigenvalue weighted by atomic mass is 9.86. The molecule has 0 saturated heterocycles. The van der Waals surface area contributed by atoms with E-state index in [4.69, 9.17) is 27.6 Å². The number of carbonyl (C=O) groups excluding carboxylic acids is 1. The molecule has 2 atom stereocenters. The third-order valence-electron chi connectivity index (χ3n) is 5.53. The Hall–Kier alpha value is -2.56. The van der Waals surface area contributed by atoms with Crippen LogP contribution in [0.4, 0.5) is 0 Å². The third kappa shape index (κ3) is 5.03. The van der Waals surface area contributed by atoms with E-state index in [2.05, 4.69) is 55.6 Å². The molecule has 4 rings (SSSR count). The number of nitrogens with zero attached hydrogens (tertiary/aromatic N) is 1. The number of rotatable bonds is 5. The number of hydrazone groups is 1. The number of benzene rings is 2. The molecule has 6 heteroatoms. The van der Waals surface area contributed by atoms with Crippen LogP contribution in [-0.2, 0) is 10.2 Å². The summed E-state index contributed by atoms with van der Waals surface area (Å²) in [6.45, 7) is 6.58. The van der Waals surface area contributed by atoms with Crippen molar-refractivity contribution in [1.82, 2.24) is 5.43 Å². The first-order valence-corrected chi connectivity index (χ1v) is 11.0. The summed E-state index contributed by atoms with van der Waals surface area (Å²) < 4.78 is 5.75. The van der Waals surface area contributed by atoms with E-state index in [1.165, 1.54) is 17.3 Å². The Morgan fingerprint density at radius 2 is 1.81 bits per heavy atom. The summed E-state index contributed by atoms with van der Waals surface area (Å²) in [6, 6.07) is 17.5. The molecule has 1 saturated carbocycles. The summed E-state index contributed by atoms with van der Waals surface area (Å²) in [5.41, 5.74) is 6.06. The summed E-state index contributed by atoms with van der Waals surface area (Å²) in [5, 5.41) is 5.00. The fraction of sp³-hybridized carbons (Fsp3) is 0.280. The predicted octanol–water partition coefficient (Wildman–Crippen LogP) is 6.80. The van der Waals surface area contributed by atoms with E-state index in [9.17, 15) is 4.79 Å². The summed E-state index contributed by atoms with van der Waals surface area (Å²) in [4.78, 5) is 12.4. The van der Waals surface area contributed by atoms with Gasteiger partial charge in [0.1, 0.15) is 11.5 Å². The molecular weight excluding hydrogens is 431 g/mol. The highest BCUT2D eigenvalue weighted by Gasteiger charge is 2.44. The SMILES string of the molecule is CC(C)(C)c1ccc([C@H]2C[C@@H]2C(=O)N/N=C/c2ccc(-c3ccc(Cl)c(Cl)c3)o2)cc1. The number of carbonyl (C=O) groups is 1. The Bertz CT molecular complexity index is 1130. The topological polar surface area (TPSA) is 54.6 Å². The van der Waals surface area contributed by atoms with Gasteiger partial charge in [-0.05, 0) is 59.2 Å². The molecule has 0 aliphatic heterocycles. The average molecular weight is 455 g/mol. The number of amides is 1. The van der Waals surface area contributed by atoms with E-state index in [0.717, 1.165) is 12.0 Å². The van der Waals surface area contributed by atoms with Crippen molar-refractivity contribution in [3.63, 3.8) is 0 Å². The van der Waals surface area contributed by atoms with Crippen LogP contribution in [0.3, 0.4) is 0 Å². The van der Waals surface area contributed by atoms with E-state index in [1.807, 2.05) is 12.1 Å². The van der Waals surface area contributed by atoms with Crippen molar-refractivity contribution in [2.24, 2.45) is 11.0 Å². The van der Waals surface area contributed by atoms with Crippen LogP contribution in [0.5, 0.6) is 0 Å². The predicted molar refractivity (Wildman–Crippen MR) is 126 cm³/mol. The van der Waals surface area contributed by atoms with Crippen LogP contribution < -0.4 is 5.43 Å². The molecule has 1 aromatic heterocycles. The van der Waals surface area contributed by atoms with Gasteiger partial charge < -0.3 is 4.42 Å². The van der Waals surface area contributed by atoms with Crippen molar-refractivity contribution in [3.05, 3.63) is 81.5 Å². The van der Waals surface area contributed by atoms with Crippen molar-refractivity contribution in [2.45, 2.75) is 38.5 Å². The van der Waals surface area contributed by atoms with Gasteiger partial charge in [-0.1, -0.05) is 68.2 Å². The number of furan rings is 1. The zero-order valence-electron chi connectivity index (χ0n) is 17.7. The molecule has 0 bridgehead atoms. The van der Waals surface area contributed by atoms with Gasteiger partial charge in [0, 0.05) is 11.5 Å². The number of hydrogen-bond donors (Lipinski definition) is 1. The molecular formula is C25H24Cl2N2O2. The Morgan fingerprint density at radius 1 is 1.06 bits per heavy atom. The maximum atomic E-state index is 12.4. The maximum Gasteiger partial charge on any atom is 0.243 e. The van der Waals surface area contributed by atoms with Crippen LogP contribution in [0.25, 0.3) is 11.3 Å². The molecule has 0 spiro atoms. The van der Waals surface area contributed by atoms with Crippen molar-refractivity contribution in [3.8, 4) is 11.3 Å². The largest absolute Gasteiger partial charge is 0.455 e. The fourth-order valence-electron chi connectivity index (χ4n) is 3.55. The molecule has 31 heavy (non-hydrogen) atoms. The number of halogens is 2. The highest BCUT2D eigenvalue weighted by atomic mass is 35.5. The van der Waals surface area contributed by atoms with Crippen LogP contribution in [0.1, 0.15) is 50.0 Å². The van der Waals surface area contributed by atoms with E-state index in [0.29, 0.717) is 21.6 Å². The van der Waals surface area contributed by atoms with E-state index >= 15 is 0 Å². The van der Waals surface area contributed by atoms with Crippen molar-refractivity contribution < 1.29 is 9.21 Å². The summed E-state index contributed by atoms with van der Waals surface area (Å²) in [6.07, 6.45) is 2.34. The van der Waals surface area contributed by atoms with Crippen LogP contribution in [-0.4, -0.2) is 12.1 Å². The highest BCUT2D eigenvalue weighted by Crippen LogP contribution is 2.47. The van der Waals surface area contributed by atoms with Gasteiger partial charge in [0.25, 0.3) is 0 Å². The monoisotopic (exact) mass is 454 g/mol. The second kappa shape index (κ2) is 8.52. The van der Waals surface area contributed by atoms with Crippen LogP contribution in [0.15, 0.2) is 64.1 Å². The van der Waals surface area contributed by atoms with Crippen LogP contribution in [0, 0.1) is 5.92 Å². The van der Waals surface area contributed by atoms with Gasteiger partial charge in [-0.2, -0.15) is 5.10 Å². The molecule has 1 N–H and O–H groups in total. The smallest absolute Gasteiger partial charge is 0.243 e. The van der Waals surface area contributed by atoms with Crippen molar-refractivity contribution in [1.29, 1.82) is 0 Å². The maximum absolute atomic E-state index is 12.4. The molecule has 0 unspecified atom stereocenters. The van der Waals surface area contributed by atoms with Gasteiger partial charge in [0.05, 0.1) is 16.3 Å². The van der Waals surface area contributed by atoms with Crippen molar-refractivity contribution in [2.75, 3.05) is 0 Å². The fourth-order valence-corrected chi connectivity index (χ4v) is 3.85. The van der Waals surface area contributed by atoms with E-state index < -0.39 is 0 Å². The molecule has 1 amide bonds. The van der Waals surface area contributed by atoms with E-state index in [1.54, 1.807) is 18.2 Å². The van der Waals surface area contributed by atoms with E-state index in [-0.39, 0.29) is 23.2 Å². The Labute approximate surface area is 192 Å². The first-order valence-electron chi connectivity index (χ1n) is 10.2. The zero-order valence-corrected chi connectivity index (χ0v) is 19.2. The molecule has 2 aromatic carbocycles. The second-order valence-corrected chi connectivity index (χ2v) is 9.70. The summed E-state index contributed by atoms with van der Waals surface area (Å²) in [5.74, 6) is 1.33. The van der Waals surface area contributed by atoms with Gasteiger partial charge in [0.2, 0.25) is 5.91 Å². The lowest BCUT2D eigenvalue weighted by molar-refractivity contribution is -0.122. The molecule has 4 nitrogen and oxygen atoms in total. The molecule has 1 aliphatic carbocycles. The van der Waals surface area contributed by atoms with Crippen LogP contribution in [0.2, 0.25) is 10.0 Å². The Kier molecular flexibility index (Phi) is 5.96. The molecule has 1 fully saturated rings. The second-order valence-electron chi connectivity index (χ2n) is 8.89. The highest BCUT2D eigenvalue weighted by molar-refractivity contribution is 6.42. The molecule has 0 radical (unpaired) electrons. The first kappa shape index (κ1) is 21.7. The quantitative estimate of drug-likeness (QED) is 0.340. The van der Waals surface area contributed by atoms with Gasteiger partial charge in [-0.15, -0.1) is 0 Å². The minimum Gasteiger partial charge on any atom is -0.455 e.